The first-order valence-corrected chi connectivity index (χ1v) is 12.7. The molecule has 0 bridgehead atoms. The number of carbonyl (C=O) groups is 5. The standard InChI is InChI=1S/C25H38N6O8/c1-14(2)19(22(35)29-20(15(3)33)23(36)30-26)28-21(34)18-10-7-11-31(18)24(37)17(12-32)27-25(38)39-13-16-8-5-4-6-9-16/h4-6,8-9,14-15,17-20,32-33H,7,10-13,26H2,1-3H3,(H,27,38)(H,28,34)(H,29,35)(H,30,36)/t15-,17+,18+,19+,20+/m1/s1. The molecule has 0 saturated carbocycles. The topological polar surface area (TPSA) is 212 Å². The van der Waals surface area contributed by atoms with Gasteiger partial charge in [-0.05, 0) is 31.2 Å². The van der Waals surface area contributed by atoms with Crippen LogP contribution in [0.3, 0.4) is 0 Å². The predicted octanol–water partition coefficient (Wildman–Crippen LogP) is -1.74. The molecule has 0 aromatic heterocycles. The van der Waals surface area contributed by atoms with Crippen molar-refractivity contribution < 1.29 is 38.9 Å². The molecule has 1 fully saturated rings. The lowest BCUT2D eigenvalue weighted by Crippen LogP contribution is -2.61. The molecule has 14 heteroatoms. The monoisotopic (exact) mass is 550 g/mol. The Morgan fingerprint density at radius 1 is 1.03 bits per heavy atom. The van der Waals surface area contributed by atoms with Crippen LogP contribution in [0.2, 0.25) is 0 Å². The van der Waals surface area contributed by atoms with Crippen molar-refractivity contribution in [2.75, 3.05) is 13.2 Å². The maximum absolute atomic E-state index is 13.2. The van der Waals surface area contributed by atoms with Crippen LogP contribution < -0.4 is 27.2 Å². The van der Waals surface area contributed by atoms with Crippen molar-refractivity contribution in [2.24, 2.45) is 11.8 Å². The molecular weight excluding hydrogens is 512 g/mol. The number of benzene rings is 1. The van der Waals surface area contributed by atoms with Crippen LogP contribution in [0, 0.1) is 5.92 Å². The number of nitrogens with zero attached hydrogens (tertiary/aromatic N) is 1. The second-order valence-corrected chi connectivity index (χ2v) is 9.60. The Labute approximate surface area is 226 Å². The van der Waals surface area contributed by atoms with Gasteiger partial charge < -0.3 is 35.8 Å². The molecule has 1 aliphatic heterocycles. The fraction of sp³-hybridized carbons (Fsp3) is 0.560. The SMILES string of the molecule is CC(C)[C@H](NC(=O)[C@@H]1CCCN1C(=O)[C@H](CO)NC(=O)OCc1ccccc1)C(=O)N[C@H](C(=O)NN)[C@@H](C)O. The van der Waals surface area contributed by atoms with E-state index < -0.39 is 72.5 Å². The van der Waals surface area contributed by atoms with Crippen LogP contribution in [0.4, 0.5) is 4.79 Å². The Morgan fingerprint density at radius 3 is 2.26 bits per heavy atom. The number of hydrogen-bond donors (Lipinski definition) is 7. The highest BCUT2D eigenvalue weighted by atomic mass is 16.5. The van der Waals surface area contributed by atoms with E-state index in [4.69, 9.17) is 10.6 Å². The van der Waals surface area contributed by atoms with Gasteiger partial charge in [0.15, 0.2) is 0 Å². The summed E-state index contributed by atoms with van der Waals surface area (Å²) in [4.78, 5) is 64.6. The van der Waals surface area contributed by atoms with Gasteiger partial charge in [0.25, 0.3) is 5.91 Å². The number of hydrogen-bond acceptors (Lipinski definition) is 9. The van der Waals surface area contributed by atoms with Crippen LogP contribution in [0.5, 0.6) is 0 Å². The third kappa shape index (κ3) is 8.90. The molecule has 0 unspecified atom stereocenters. The van der Waals surface area contributed by atoms with E-state index in [1.165, 1.54) is 11.8 Å². The number of nitrogens with two attached hydrogens (primary N) is 1. The van der Waals surface area contributed by atoms with E-state index in [1.54, 1.807) is 38.1 Å². The highest BCUT2D eigenvalue weighted by Gasteiger charge is 2.39. The molecule has 8 N–H and O–H groups in total. The van der Waals surface area contributed by atoms with Crippen LogP contribution in [0.15, 0.2) is 30.3 Å². The number of carbonyl (C=O) groups excluding carboxylic acids is 5. The Morgan fingerprint density at radius 2 is 1.69 bits per heavy atom. The molecule has 5 amide bonds. The van der Waals surface area contributed by atoms with Gasteiger partial charge >= 0.3 is 6.09 Å². The van der Waals surface area contributed by atoms with Gasteiger partial charge in [-0.2, -0.15) is 0 Å². The number of alkyl carbamates (subject to hydrolysis) is 1. The molecule has 1 heterocycles. The van der Waals surface area contributed by atoms with Gasteiger partial charge in [0, 0.05) is 6.54 Å². The molecule has 5 atom stereocenters. The van der Waals surface area contributed by atoms with Crippen molar-refractivity contribution in [3.05, 3.63) is 35.9 Å². The van der Waals surface area contributed by atoms with Crippen LogP contribution in [-0.2, 0) is 30.5 Å². The molecule has 14 nitrogen and oxygen atoms in total. The normalized spacial score (nSPS) is 17.9. The molecule has 1 aromatic carbocycles. The second-order valence-electron chi connectivity index (χ2n) is 9.60. The van der Waals surface area contributed by atoms with Crippen LogP contribution in [0.1, 0.15) is 39.2 Å². The first-order chi connectivity index (χ1) is 18.5. The van der Waals surface area contributed by atoms with Crippen molar-refractivity contribution in [1.29, 1.82) is 0 Å². The maximum atomic E-state index is 13.2. The van der Waals surface area contributed by atoms with Crippen LogP contribution in [0.25, 0.3) is 0 Å². The van der Waals surface area contributed by atoms with Gasteiger partial charge in [0.2, 0.25) is 17.7 Å². The van der Waals surface area contributed by atoms with Crippen molar-refractivity contribution in [2.45, 2.75) is 70.5 Å². The Kier molecular flexibility index (Phi) is 12.1. The van der Waals surface area contributed by atoms with E-state index in [9.17, 15) is 34.2 Å². The largest absolute Gasteiger partial charge is 0.445 e. The summed E-state index contributed by atoms with van der Waals surface area (Å²) >= 11 is 0. The lowest BCUT2D eigenvalue weighted by molar-refractivity contribution is -0.142. The summed E-state index contributed by atoms with van der Waals surface area (Å²) in [5.74, 6) is 1.87. The Bertz CT molecular complexity index is 1010. The lowest BCUT2D eigenvalue weighted by atomic mass is 10.0. The Balaban J connectivity index is 2.03. The minimum Gasteiger partial charge on any atom is -0.445 e. The molecule has 1 saturated heterocycles. The van der Waals surface area contributed by atoms with Crippen molar-refractivity contribution in [3.63, 3.8) is 0 Å². The summed E-state index contributed by atoms with van der Waals surface area (Å²) < 4.78 is 5.12. The fourth-order valence-corrected chi connectivity index (χ4v) is 4.12. The van der Waals surface area contributed by atoms with Crippen molar-refractivity contribution in [1.82, 2.24) is 26.3 Å². The van der Waals surface area contributed by atoms with Gasteiger partial charge in [-0.15, -0.1) is 0 Å². The highest BCUT2D eigenvalue weighted by molar-refractivity contribution is 5.95. The fourth-order valence-electron chi connectivity index (χ4n) is 4.12. The number of rotatable bonds is 12. The minimum atomic E-state index is -1.34. The summed E-state index contributed by atoms with van der Waals surface area (Å²) in [6, 6.07) is 4.17. The minimum absolute atomic E-state index is 0.0325. The van der Waals surface area contributed by atoms with Gasteiger partial charge in [-0.3, -0.25) is 24.6 Å². The summed E-state index contributed by atoms with van der Waals surface area (Å²) in [6.45, 7) is 4.10. The van der Waals surface area contributed by atoms with Gasteiger partial charge in [0.1, 0.15) is 30.8 Å². The van der Waals surface area contributed by atoms with E-state index in [2.05, 4.69) is 16.0 Å². The molecule has 216 valence electrons. The third-order valence-corrected chi connectivity index (χ3v) is 6.28. The quantitative estimate of drug-likeness (QED) is 0.0893. The summed E-state index contributed by atoms with van der Waals surface area (Å²) in [5, 5.41) is 26.9. The average molecular weight is 551 g/mol. The third-order valence-electron chi connectivity index (χ3n) is 6.28. The van der Waals surface area contributed by atoms with E-state index in [0.717, 1.165) is 5.56 Å². The van der Waals surface area contributed by atoms with Crippen molar-refractivity contribution >= 4 is 29.7 Å². The number of likely N-dealkylation sites (tertiary alicyclic amines) is 1. The highest BCUT2D eigenvalue weighted by Crippen LogP contribution is 2.19. The molecule has 1 aromatic rings. The van der Waals surface area contributed by atoms with Gasteiger partial charge in [-0.25, -0.2) is 10.6 Å². The van der Waals surface area contributed by atoms with Gasteiger partial charge in [0.05, 0.1) is 12.7 Å². The van der Waals surface area contributed by atoms with Crippen LogP contribution >= 0.6 is 0 Å². The number of aliphatic hydroxyl groups excluding tert-OH is 2. The lowest BCUT2D eigenvalue weighted by Gasteiger charge is -2.30. The molecule has 0 aliphatic carbocycles. The zero-order chi connectivity index (χ0) is 29.1. The van der Waals surface area contributed by atoms with E-state index >= 15 is 0 Å². The maximum Gasteiger partial charge on any atom is 0.408 e. The first-order valence-electron chi connectivity index (χ1n) is 12.7. The molecular formula is C25H38N6O8. The molecule has 39 heavy (non-hydrogen) atoms. The molecule has 1 aliphatic rings. The van der Waals surface area contributed by atoms with E-state index in [-0.39, 0.29) is 13.2 Å². The zero-order valence-corrected chi connectivity index (χ0v) is 22.3. The zero-order valence-electron chi connectivity index (χ0n) is 22.3. The predicted molar refractivity (Wildman–Crippen MR) is 138 cm³/mol. The molecule has 2 rings (SSSR count). The number of ether oxygens (including phenoxy) is 1. The number of nitrogens with one attached hydrogen (secondary N) is 4. The van der Waals surface area contributed by atoms with E-state index in [1.807, 2.05) is 11.5 Å². The summed E-state index contributed by atoms with van der Waals surface area (Å²) in [5.41, 5.74) is 2.60. The number of amides is 5. The Hall–Kier alpha value is -3.75. The van der Waals surface area contributed by atoms with Crippen LogP contribution in [-0.4, -0.2) is 88.3 Å². The van der Waals surface area contributed by atoms with Gasteiger partial charge in [-0.1, -0.05) is 44.2 Å². The van der Waals surface area contributed by atoms with E-state index in [0.29, 0.717) is 12.8 Å². The number of aliphatic hydroxyl groups is 2. The first kappa shape index (κ1) is 31.5. The van der Waals surface area contributed by atoms with Crippen molar-refractivity contribution in [3.8, 4) is 0 Å². The molecule has 0 radical (unpaired) electrons. The smallest absolute Gasteiger partial charge is 0.408 e. The summed E-state index contributed by atoms with van der Waals surface area (Å²) in [7, 11) is 0. The summed E-state index contributed by atoms with van der Waals surface area (Å²) in [6.07, 6.45) is -1.38. The average Bonchev–Trinajstić information content (AvgIpc) is 3.41. The molecule has 0 spiro atoms. The second kappa shape index (κ2) is 15.0. The number of hydrazine groups is 1.